The van der Waals surface area contributed by atoms with Crippen molar-refractivity contribution in [2.45, 2.75) is 22.9 Å². The van der Waals surface area contributed by atoms with Gasteiger partial charge in [0.25, 0.3) is 0 Å². The lowest BCUT2D eigenvalue weighted by molar-refractivity contribution is 0.396. The summed E-state index contributed by atoms with van der Waals surface area (Å²) in [6.45, 7) is -0.175. The van der Waals surface area contributed by atoms with E-state index in [0.717, 1.165) is 0 Å². The van der Waals surface area contributed by atoms with Crippen LogP contribution in [-0.2, 0) is 34.2 Å². The first-order chi connectivity index (χ1) is 23.2. The number of aromatic nitrogens is 3. The molecule has 1 aliphatic heterocycles. The quantitative estimate of drug-likeness (QED) is 0.153. The lowest BCUT2D eigenvalue weighted by atomic mass is 9.97. The van der Waals surface area contributed by atoms with E-state index in [1.807, 2.05) is 0 Å². The van der Waals surface area contributed by atoms with Crippen molar-refractivity contribution in [1.29, 1.82) is 0 Å². The van der Waals surface area contributed by atoms with Gasteiger partial charge in [-0.2, -0.15) is 14.4 Å². The van der Waals surface area contributed by atoms with E-state index in [9.17, 15) is 8.76 Å². The normalized spacial score (nSPS) is 13.5. The summed E-state index contributed by atoms with van der Waals surface area (Å²) >= 11 is -2.71. The zero-order chi connectivity index (χ0) is 33.8. The summed E-state index contributed by atoms with van der Waals surface area (Å²) in [4.78, 5) is 7.83. The molecule has 0 spiro atoms. The highest BCUT2D eigenvalue weighted by atomic mass is 32.2. The Morgan fingerprint density at radius 1 is 0.917 bits per heavy atom. The van der Waals surface area contributed by atoms with Gasteiger partial charge in [-0.3, -0.25) is 5.10 Å². The fourth-order valence-electron chi connectivity index (χ4n) is 5.24. The molecule has 1 atom stereocenters. The number of methoxy groups -OCH3 is 2. The van der Waals surface area contributed by atoms with E-state index in [0.29, 0.717) is 45.1 Å². The molecule has 0 saturated carbocycles. The van der Waals surface area contributed by atoms with Gasteiger partial charge in [0.15, 0.2) is 29.4 Å². The number of hydrogen-bond acceptors (Lipinski definition) is 11. The highest BCUT2D eigenvalue weighted by Gasteiger charge is 2.36. The molecule has 6 rings (SSSR count). The largest absolute Gasteiger partial charge is 0.497 e. The summed E-state index contributed by atoms with van der Waals surface area (Å²) in [7, 11) is -1.49. The lowest BCUT2D eigenvalue weighted by Gasteiger charge is -2.26. The third kappa shape index (κ3) is 6.72. The number of hydrogen-bond donors (Lipinski definition) is 3. The third-order valence-electron chi connectivity index (χ3n) is 7.57. The first-order valence-electron chi connectivity index (χ1n) is 14.4. The van der Waals surface area contributed by atoms with Crippen LogP contribution in [0.15, 0.2) is 110 Å². The number of aromatic amines is 1. The highest BCUT2D eigenvalue weighted by molar-refractivity contribution is 7.90. The van der Waals surface area contributed by atoms with E-state index in [2.05, 4.69) is 30.4 Å². The van der Waals surface area contributed by atoms with Crippen LogP contribution in [0.1, 0.15) is 16.7 Å². The van der Waals surface area contributed by atoms with Crippen LogP contribution in [0.5, 0.6) is 11.5 Å². The topological polar surface area (TPSA) is 198 Å². The first kappa shape index (κ1) is 32.6. The Kier molecular flexibility index (Phi) is 9.40. The van der Waals surface area contributed by atoms with Crippen molar-refractivity contribution in [1.82, 2.24) is 19.5 Å². The number of nitrogens with zero attached hydrogens (tertiary/aromatic N) is 6. The molecule has 5 aromatic rings. The molecule has 0 amide bonds. The standard InChI is InChI=1S/C32H30N8O6S2/c1-45-24-10-6-20(7-11-24)17-40(18-21-8-12-25(46-2)13-9-21)48(43,44)29-27(47(41)42)15-14-26(28(29)31-34-19-35-37-31)22-4-3-5-23(16-22)30-36-32(33)39-38-30/h3-16H,17-19H2,1-2H3,(H,41,42)(H3,33,36,38,39). The summed E-state index contributed by atoms with van der Waals surface area (Å²) in [5.74, 6) is 1.69. The van der Waals surface area contributed by atoms with Crippen molar-refractivity contribution in [3.63, 3.8) is 0 Å². The van der Waals surface area contributed by atoms with Gasteiger partial charge >= 0.3 is 0 Å². The number of anilines is 1. The lowest BCUT2D eigenvalue weighted by Crippen LogP contribution is -2.32. The van der Waals surface area contributed by atoms with Gasteiger partial charge < -0.3 is 19.8 Å². The summed E-state index contributed by atoms with van der Waals surface area (Å²) in [5.41, 5.74) is 8.67. The van der Waals surface area contributed by atoms with E-state index in [-0.39, 0.29) is 42.0 Å². The molecule has 16 heteroatoms. The molecule has 1 unspecified atom stereocenters. The summed E-state index contributed by atoms with van der Waals surface area (Å²) in [6, 6.07) is 23.9. The van der Waals surface area contributed by atoms with Crippen LogP contribution in [-0.4, -0.2) is 63.4 Å². The Hall–Kier alpha value is -5.29. The number of nitrogen functional groups attached to an aromatic ring is 1. The molecule has 14 nitrogen and oxygen atoms in total. The minimum Gasteiger partial charge on any atom is -0.497 e. The maximum absolute atomic E-state index is 15.0. The molecule has 246 valence electrons. The second-order valence-corrected chi connectivity index (χ2v) is 13.3. The molecule has 0 radical (unpaired) electrons. The zero-order valence-corrected chi connectivity index (χ0v) is 27.4. The number of amidine groups is 1. The second kappa shape index (κ2) is 13.8. The van der Waals surface area contributed by atoms with Crippen molar-refractivity contribution in [2.24, 2.45) is 15.2 Å². The molecule has 0 saturated heterocycles. The summed E-state index contributed by atoms with van der Waals surface area (Å²) in [5, 5.41) is 14.8. The van der Waals surface area contributed by atoms with Crippen molar-refractivity contribution < 1.29 is 26.7 Å². The average molecular weight is 687 g/mol. The van der Waals surface area contributed by atoms with E-state index in [1.54, 1.807) is 93.1 Å². The number of azo groups is 1. The molecular formula is C32H30N8O6S2. The van der Waals surface area contributed by atoms with Gasteiger partial charge in [-0.25, -0.2) is 17.6 Å². The van der Waals surface area contributed by atoms with E-state index in [4.69, 9.17) is 15.2 Å². The summed E-state index contributed by atoms with van der Waals surface area (Å²) in [6.07, 6.45) is 0. The van der Waals surface area contributed by atoms with Gasteiger partial charge in [0.1, 0.15) is 16.4 Å². The molecular weight excluding hydrogens is 657 g/mol. The van der Waals surface area contributed by atoms with Gasteiger partial charge in [0, 0.05) is 24.2 Å². The van der Waals surface area contributed by atoms with Crippen molar-refractivity contribution in [3.05, 3.63) is 102 Å². The van der Waals surface area contributed by atoms with Crippen molar-refractivity contribution >= 4 is 32.9 Å². The maximum atomic E-state index is 15.0. The van der Waals surface area contributed by atoms with Crippen LogP contribution in [0.2, 0.25) is 0 Å². The smallest absolute Gasteiger partial charge is 0.245 e. The van der Waals surface area contributed by atoms with Gasteiger partial charge in [-0.15, -0.1) is 10.2 Å². The fraction of sp³-hybridized carbons (Fsp3) is 0.156. The molecule has 2 heterocycles. The van der Waals surface area contributed by atoms with Crippen LogP contribution >= 0.6 is 0 Å². The SMILES string of the molecule is COc1ccc(CN(Cc2ccc(OC)cc2)S(=O)(=O)c2c(S(=O)O)ccc(-c3cccc(-c4nc(N)n[nH]4)c3)c2C2=NCN=N2)cc1. The molecule has 4 aromatic carbocycles. The molecule has 1 aliphatic rings. The monoisotopic (exact) mass is 686 g/mol. The zero-order valence-electron chi connectivity index (χ0n) is 25.8. The minimum atomic E-state index is -4.57. The highest BCUT2D eigenvalue weighted by Crippen LogP contribution is 2.38. The van der Waals surface area contributed by atoms with Gasteiger partial charge in [0.2, 0.25) is 16.0 Å². The number of H-pyrrole nitrogens is 1. The van der Waals surface area contributed by atoms with Crippen molar-refractivity contribution in [3.8, 4) is 34.0 Å². The maximum Gasteiger partial charge on any atom is 0.245 e. The number of sulfonamides is 1. The number of nitrogens with one attached hydrogen (secondary N) is 1. The van der Waals surface area contributed by atoms with Crippen LogP contribution in [0.25, 0.3) is 22.5 Å². The Balaban J connectivity index is 1.56. The predicted octanol–water partition coefficient (Wildman–Crippen LogP) is 4.88. The Labute approximate surface area is 278 Å². The first-order valence-corrected chi connectivity index (χ1v) is 17.0. The fourth-order valence-corrected chi connectivity index (χ4v) is 7.89. The van der Waals surface area contributed by atoms with Crippen LogP contribution < -0.4 is 15.2 Å². The molecule has 0 fully saturated rings. The van der Waals surface area contributed by atoms with Gasteiger partial charge in [0.05, 0.1) is 19.1 Å². The number of ether oxygens (including phenoxy) is 2. The predicted molar refractivity (Wildman–Crippen MR) is 179 cm³/mol. The molecule has 1 aromatic heterocycles. The average Bonchev–Trinajstić information content (AvgIpc) is 3.80. The molecule has 4 N–H and O–H groups in total. The Morgan fingerprint density at radius 3 is 2.06 bits per heavy atom. The van der Waals surface area contributed by atoms with E-state index < -0.39 is 26.0 Å². The van der Waals surface area contributed by atoms with Crippen molar-refractivity contribution in [2.75, 3.05) is 26.6 Å². The Bertz CT molecular complexity index is 2100. The van der Waals surface area contributed by atoms with E-state index >= 15 is 8.42 Å². The molecule has 48 heavy (non-hydrogen) atoms. The third-order valence-corrected chi connectivity index (χ3v) is 10.3. The number of rotatable bonds is 12. The molecule has 0 aliphatic carbocycles. The Morgan fingerprint density at radius 2 is 1.54 bits per heavy atom. The van der Waals surface area contributed by atoms with Crippen LogP contribution in [0.4, 0.5) is 5.95 Å². The second-order valence-electron chi connectivity index (χ2n) is 10.5. The minimum absolute atomic E-state index is 0.0130. The van der Waals surface area contributed by atoms with Crippen LogP contribution in [0.3, 0.4) is 0 Å². The van der Waals surface area contributed by atoms with Crippen LogP contribution in [0, 0.1) is 0 Å². The van der Waals surface area contributed by atoms with E-state index in [1.165, 1.54) is 10.4 Å². The van der Waals surface area contributed by atoms with Gasteiger partial charge in [-0.1, -0.05) is 48.5 Å². The molecule has 0 bridgehead atoms. The number of aliphatic imine (C=N–C) groups is 1. The number of benzene rings is 4. The summed E-state index contributed by atoms with van der Waals surface area (Å²) < 4.78 is 65.3. The number of nitrogens with two attached hydrogens (primary N) is 1. The van der Waals surface area contributed by atoms with Gasteiger partial charge in [-0.05, 0) is 58.7 Å².